The molecule has 70 heavy (non-hydrogen) atoms. The van der Waals surface area contributed by atoms with Gasteiger partial charge >= 0.3 is 18.9 Å². The van der Waals surface area contributed by atoms with Gasteiger partial charge in [0.15, 0.2) is 5.17 Å². The topological polar surface area (TPSA) is 122 Å². The maximum atomic E-state index is 10.7. The number of terminal acetylenes is 1. The molecule has 8 aliphatic heterocycles. The third-order valence-corrected chi connectivity index (χ3v) is 14.2. The van der Waals surface area contributed by atoms with Gasteiger partial charge in [-0.15, -0.1) is 18.3 Å². The summed E-state index contributed by atoms with van der Waals surface area (Å²) < 4.78 is 5.19. The van der Waals surface area contributed by atoms with Crippen molar-refractivity contribution < 1.29 is 38.5 Å². The van der Waals surface area contributed by atoms with Gasteiger partial charge in [0, 0.05) is 115 Å². The molecule has 2 N–H and O–H groups in total. The van der Waals surface area contributed by atoms with Crippen molar-refractivity contribution in [2.45, 2.75) is 175 Å². The number of carbonyl (C=O) groups excluding carboxylic acids is 1. The molecule has 0 saturated carbocycles. The fourth-order valence-electron chi connectivity index (χ4n) is 10.8. The van der Waals surface area contributed by atoms with Crippen LogP contribution < -0.4 is 18.9 Å². The molecular formula is C54H96ClLiN10O4. The van der Waals surface area contributed by atoms with Gasteiger partial charge in [-0.2, -0.15) is 0 Å². The minimum atomic E-state index is -0.455. The number of oxime groups is 1. The molecule has 0 spiro atoms. The Balaban J connectivity index is 0.000000842. The van der Waals surface area contributed by atoms with E-state index in [4.69, 9.17) is 27.8 Å². The number of aldehydes is 1. The summed E-state index contributed by atoms with van der Waals surface area (Å²) in [4.78, 5) is 30.0. The first-order valence-corrected chi connectivity index (χ1v) is 26.5. The molecule has 8 saturated heterocycles. The van der Waals surface area contributed by atoms with Gasteiger partial charge in [0.1, 0.15) is 23.8 Å². The Hall–Kier alpha value is -2.44. The van der Waals surface area contributed by atoms with Gasteiger partial charge < -0.3 is 51.6 Å². The first-order chi connectivity index (χ1) is 33.3. The minimum absolute atomic E-state index is 0. The molecule has 9 rings (SSSR count). The van der Waals surface area contributed by atoms with Crippen LogP contribution in [0.4, 0.5) is 0 Å². The van der Waals surface area contributed by atoms with Crippen LogP contribution >= 0.6 is 11.6 Å². The van der Waals surface area contributed by atoms with Crippen molar-refractivity contribution in [2.75, 3.05) is 107 Å². The van der Waals surface area contributed by atoms with Crippen molar-refractivity contribution in [3.05, 3.63) is 23.9 Å². The first kappa shape index (κ1) is 67.6. The van der Waals surface area contributed by atoms with E-state index >= 15 is 0 Å². The predicted molar refractivity (Wildman–Crippen MR) is 286 cm³/mol. The second-order valence-corrected chi connectivity index (χ2v) is 18.8. The van der Waals surface area contributed by atoms with Crippen molar-refractivity contribution in [1.29, 1.82) is 0 Å². The monoisotopic (exact) mass is 991 g/mol. The Kier molecular flexibility index (Phi) is 36.8. The molecule has 0 aromatic carbocycles. The normalized spacial score (nSPS) is 28.9. The van der Waals surface area contributed by atoms with Crippen LogP contribution in [0.25, 0.3) is 0 Å². The van der Waals surface area contributed by atoms with Crippen molar-refractivity contribution >= 4 is 23.1 Å². The molecule has 0 radical (unpaired) electrons. The van der Waals surface area contributed by atoms with E-state index in [9.17, 15) is 9.90 Å². The Labute approximate surface area is 444 Å². The third-order valence-electron chi connectivity index (χ3n) is 13.9. The molecule has 394 valence electrons. The summed E-state index contributed by atoms with van der Waals surface area (Å²) in [6.07, 6.45) is 20.5. The van der Waals surface area contributed by atoms with Crippen LogP contribution in [0.5, 0.6) is 0 Å². The van der Waals surface area contributed by atoms with Crippen LogP contribution in [0.2, 0.25) is 0 Å². The number of aliphatic hydroxyl groups is 1. The summed E-state index contributed by atoms with van der Waals surface area (Å²) >= 11 is 5.87. The minimum Gasteiger partial charge on any atom is -0.694 e. The van der Waals surface area contributed by atoms with E-state index in [0.29, 0.717) is 29.3 Å². The largest absolute Gasteiger partial charge is 1.00 e. The molecule has 9 heterocycles. The summed E-state index contributed by atoms with van der Waals surface area (Å²) in [6, 6.07) is 5.85. The number of rotatable bonds is 4. The number of aliphatic hydroxyl groups excluding tert-OH is 1. The number of carbonyl (C=O) groups is 1. The van der Waals surface area contributed by atoms with Crippen LogP contribution in [0.1, 0.15) is 131 Å². The van der Waals surface area contributed by atoms with Gasteiger partial charge in [0.05, 0.1) is 18.1 Å². The molecule has 8 fully saturated rings. The number of fused-ring (bicyclic) bond motifs is 4. The molecule has 0 amide bonds. The fourth-order valence-corrected chi connectivity index (χ4v) is 11.1. The van der Waals surface area contributed by atoms with Crippen molar-refractivity contribution in [2.24, 2.45) is 5.16 Å². The molecule has 16 heteroatoms. The third kappa shape index (κ3) is 21.2. The van der Waals surface area contributed by atoms with Crippen molar-refractivity contribution in [3.8, 4) is 30.1 Å². The number of likely N-dealkylation sites (N-methyl/N-ethyl adjacent to an activating group) is 4. The van der Waals surface area contributed by atoms with E-state index in [1.54, 1.807) is 20.8 Å². The van der Waals surface area contributed by atoms with Gasteiger partial charge in [-0.1, -0.05) is 69.4 Å². The van der Waals surface area contributed by atoms with Gasteiger partial charge in [-0.25, -0.2) is 0 Å². The Bertz CT molecular complexity index is 1700. The Morgan fingerprint density at radius 2 is 1.16 bits per heavy atom. The number of aryl methyl sites for hydroxylation is 1. The molecule has 8 aliphatic rings. The molecule has 0 bridgehead atoms. The zero-order chi connectivity index (χ0) is 52.1. The van der Waals surface area contributed by atoms with E-state index in [0.717, 1.165) is 115 Å². The smallest absolute Gasteiger partial charge is 0.694 e. The van der Waals surface area contributed by atoms with Gasteiger partial charge in [0.2, 0.25) is 0 Å². The maximum absolute atomic E-state index is 10.7. The SMILES string of the molecule is C#CC.CC.CC.CC.CC#CC(O)[C@H]1CC[C@H]2CN(C)CCN21.CN1CCN2[C@@H](CC[C@@H]2/C(Cl)=N/O)C1.CN1CCN2[C@@H](CC[C@@H]2C=O)C1.Cc1cc([C@H]2CC[C@H]3CN(C)CCN32)no1.[C-]#CC.[Li+]. The van der Waals surface area contributed by atoms with E-state index in [-0.39, 0.29) is 37.0 Å². The van der Waals surface area contributed by atoms with E-state index in [2.05, 4.69) is 108 Å². The summed E-state index contributed by atoms with van der Waals surface area (Å²) in [5.74, 6) is 10.9. The van der Waals surface area contributed by atoms with E-state index in [1.165, 1.54) is 38.8 Å². The van der Waals surface area contributed by atoms with E-state index in [1.807, 2.05) is 54.4 Å². The van der Waals surface area contributed by atoms with Crippen LogP contribution in [-0.2, 0) is 4.79 Å². The summed E-state index contributed by atoms with van der Waals surface area (Å²) in [6.45, 7) is 32.3. The molecule has 9 atom stereocenters. The number of nitrogens with zero attached hydrogens (tertiary/aromatic N) is 10. The standard InChI is InChI=1S/C12H19N3O.C12H20N2O.C9H16ClN3O.C9H16N2O.C3H4.C3H3.3C2H6.Li/c1-9-7-11(13-16-9)12-4-3-10-8-14(2)5-6-15(10)12;1-3-4-12(15)11-6-5-10-9-13(2)7-8-14(10)11;1-12-4-5-13-7(6-12)2-3-8(13)9(10)11-14;1-10-4-5-11-8(6-10)2-3-9(11)7-12;2*1-3-2;3*1-2;/h7,10,12H,3-6,8H2,1-2H3;10-12,15H,5-9H2,1-2H3;7-8,14H,2-6H2,1H3;7-9H,2-6H2,1H3;1H,2H3;1H3;3*1-2H3;/q;;;;;-1;;;;+1/b;;11-9-;;;;;;;/t10-,12+;10-,11+,12?;7-,8+;8-,9+;;;;;;/m0000....../s1. The van der Waals surface area contributed by atoms with E-state index < -0.39 is 6.10 Å². The number of hydrogen-bond acceptors (Lipinski definition) is 14. The number of halogens is 1. The van der Waals surface area contributed by atoms with Crippen molar-refractivity contribution in [3.63, 3.8) is 0 Å². The Morgan fingerprint density at radius 3 is 1.63 bits per heavy atom. The summed E-state index contributed by atoms with van der Waals surface area (Å²) in [5, 5.41) is 26.2. The summed E-state index contributed by atoms with van der Waals surface area (Å²) in [5.41, 5.74) is 1.13. The number of hydrogen-bond donors (Lipinski definition) is 2. The molecule has 14 nitrogen and oxygen atoms in total. The van der Waals surface area contributed by atoms with Crippen LogP contribution in [0.3, 0.4) is 0 Å². The number of piperazine rings is 4. The zero-order valence-corrected chi connectivity index (χ0v) is 47.4. The molecule has 1 aromatic heterocycles. The fraction of sp³-hybridized carbons (Fsp3) is 0.796. The Morgan fingerprint density at radius 1 is 0.743 bits per heavy atom. The molecule has 0 aliphatic carbocycles. The number of aromatic nitrogens is 1. The van der Waals surface area contributed by atoms with Crippen LogP contribution in [-0.4, -0.2) is 221 Å². The quantitative estimate of drug-likeness (QED) is 0.0871. The molecular weight excluding hydrogens is 895 g/mol. The average Bonchev–Trinajstić information content (AvgIpc) is 4.22. The maximum Gasteiger partial charge on any atom is 1.00 e. The van der Waals surface area contributed by atoms with Crippen LogP contribution in [0.15, 0.2) is 15.7 Å². The average molecular weight is 992 g/mol. The van der Waals surface area contributed by atoms with Gasteiger partial charge in [0.25, 0.3) is 0 Å². The molecule has 1 unspecified atom stereocenters. The molecule has 1 aromatic rings. The van der Waals surface area contributed by atoms with Gasteiger partial charge in [-0.05, 0) is 107 Å². The predicted octanol–water partition coefficient (Wildman–Crippen LogP) is 3.66. The second-order valence-electron chi connectivity index (χ2n) is 18.4. The zero-order valence-electron chi connectivity index (χ0n) is 46.6. The van der Waals surface area contributed by atoms with Crippen LogP contribution in [0, 0.1) is 43.5 Å². The van der Waals surface area contributed by atoms with Gasteiger partial charge in [-0.3, -0.25) is 19.6 Å². The second kappa shape index (κ2) is 38.2. The summed E-state index contributed by atoms with van der Waals surface area (Å²) in [7, 11) is 8.69. The first-order valence-electron chi connectivity index (χ1n) is 26.2. The van der Waals surface area contributed by atoms with Crippen molar-refractivity contribution in [1.82, 2.24) is 44.4 Å².